The Balaban J connectivity index is 1.50. The highest BCUT2D eigenvalue weighted by Crippen LogP contribution is 2.29. The van der Waals surface area contributed by atoms with E-state index in [0.717, 1.165) is 5.57 Å². The number of aromatic nitrogens is 4. The summed E-state index contributed by atoms with van der Waals surface area (Å²) >= 11 is 6.25. The number of carbonyl (C=O) groups excluding carboxylic acids is 2. The molecule has 0 atom stereocenters. The Morgan fingerprint density at radius 2 is 1.94 bits per heavy atom. The lowest BCUT2D eigenvalue weighted by Crippen LogP contribution is -2.51. The Kier molecular flexibility index (Phi) is 10.5. The summed E-state index contributed by atoms with van der Waals surface area (Å²) in [6, 6.07) is 3.78. The molecule has 13 nitrogen and oxygen atoms in total. The van der Waals surface area contributed by atoms with Gasteiger partial charge in [0.05, 0.1) is 35.2 Å². The summed E-state index contributed by atoms with van der Waals surface area (Å²) in [5, 5.41) is 17.5. The highest BCUT2D eigenvalue weighted by Gasteiger charge is 2.30. The largest absolute Gasteiger partial charge is 0.507 e. The minimum absolute atomic E-state index is 0.00625. The summed E-state index contributed by atoms with van der Waals surface area (Å²) in [6.45, 7) is 7.42. The molecule has 2 N–H and O–H groups in total. The number of hydrogen-bond acceptors (Lipinski definition) is 9. The predicted octanol–water partition coefficient (Wildman–Crippen LogP) is 4.21. The van der Waals surface area contributed by atoms with Gasteiger partial charge in [0.2, 0.25) is 11.7 Å². The number of amides is 2. The van der Waals surface area contributed by atoms with Gasteiger partial charge in [0.1, 0.15) is 23.7 Å². The van der Waals surface area contributed by atoms with Crippen molar-refractivity contribution in [2.45, 2.75) is 46.8 Å². The molecular weight excluding hydrogens is 652 g/mol. The number of halogens is 3. The second kappa shape index (κ2) is 14.6. The normalized spacial score (nSPS) is 15.8. The first-order valence-corrected chi connectivity index (χ1v) is 15.7. The van der Waals surface area contributed by atoms with Gasteiger partial charge in [0, 0.05) is 32.2 Å². The summed E-state index contributed by atoms with van der Waals surface area (Å²) < 4.78 is 37.9. The maximum Gasteiger partial charge on any atom is 0.387 e. The number of ether oxygens (including phenoxy) is 2. The number of hydrogen-bond donors (Lipinski definition) is 2. The van der Waals surface area contributed by atoms with E-state index in [9.17, 15) is 28.3 Å². The molecule has 0 spiro atoms. The van der Waals surface area contributed by atoms with Crippen LogP contribution in [-0.2, 0) is 27.3 Å². The molecule has 2 aliphatic heterocycles. The van der Waals surface area contributed by atoms with Crippen LogP contribution in [0.5, 0.6) is 5.75 Å². The molecule has 256 valence electrons. The maximum atomic E-state index is 14.1. The quantitative estimate of drug-likeness (QED) is 0.182. The first kappa shape index (κ1) is 34.6. The maximum absolute atomic E-state index is 14.1. The van der Waals surface area contributed by atoms with E-state index in [4.69, 9.17) is 16.3 Å². The number of piperazine rings is 1. The molecule has 0 unspecified atom stereocenters. The Morgan fingerprint density at radius 1 is 1.21 bits per heavy atom. The zero-order chi connectivity index (χ0) is 34.7. The van der Waals surface area contributed by atoms with Crippen molar-refractivity contribution in [2.24, 2.45) is 0 Å². The van der Waals surface area contributed by atoms with Crippen LogP contribution in [0, 0.1) is 0 Å². The Hall–Kier alpha value is -4.76. The lowest BCUT2D eigenvalue weighted by atomic mass is 10.1. The molecule has 16 heteroatoms. The van der Waals surface area contributed by atoms with Gasteiger partial charge in [-0.1, -0.05) is 31.2 Å². The van der Waals surface area contributed by atoms with Gasteiger partial charge >= 0.3 is 6.61 Å². The smallest absolute Gasteiger partial charge is 0.387 e. The number of rotatable bonds is 10. The van der Waals surface area contributed by atoms with E-state index >= 15 is 0 Å². The SMILES string of the molecule is C=C(C)/C(O)=C(\C)C(=O)N1CCN(c2c(CC)n(CC(=O)Nc3ccc(OC(F)F)cc3Cl)c3nc(C4=CCOCC4)nn3c2=O)CC1. The number of nitrogens with zero attached hydrogens (tertiary/aromatic N) is 6. The Labute approximate surface area is 279 Å². The third-order valence-corrected chi connectivity index (χ3v) is 8.43. The highest BCUT2D eigenvalue weighted by atomic mass is 35.5. The molecule has 2 amide bonds. The van der Waals surface area contributed by atoms with Crippen molar-refractivity contribution in [2.75, 3.05) is 49.6 Å². The Bertz CT molecular complexity index is 1880. The fourth-order valence-electron chi connectivity index (χ4n) is 5.69. The van der Waals surface area contributed by atoms with Crippen molar-refractivity contribution < 1.29 is 33.0 Å². The summed E-state index contributed by atoms with van der Waals surface area (Å²) in [7, 11) is 0. The monoisotopic (exact) mass is 687 g/mol. The third kappa shape index (κ3) is 7.21. The second-order valence-electron chi connectivity index (χ2n) is 11.3. The van der Waals surface area contributed by atoms with Crippen LogP contribution in [0.1, 0.15) is 38.7 Å². The number of allylic oxidation sites excluding steroid dienone is 1. The summed E-state index contributed by atoms with van der Waals surface area (Å²) in [5.74, 6) is -0.648. The number of anilines is 2. The first-order chi connectivity index (χ1) is 22.9. The van der Waals surface area contributed by atoms with Crippen LogP contribution in [0.2, 0.25) is 5.02 Å². The average Bonchev–Trinajstić information content (AvgIpc) is 3.52. The molecular formula is C32H36ClF2N7O6. The minimum Gasteiger partial charge on any atom is -0.507 e. The Morgan fingerprint density at radius 3 is 2.54 bits per heavy atom. The predicted molar refractivity (Wildman–Crippen MR) is 176 cm³/mol. The van der Waals surface area contributed by atoms with Gasteiger partial charge in [-0.15, -0.1) is 5.10 Å². The zero-order valence-corrected chi connectivity index (χ0v) is 27.5. The molecule has 5 rings (SSSR count). The van der Waals surface area contributed by atoms with Crippen molar-refractivity contribution >= 4 is 46.1 Å². The van der Waals surface area contributed by atoms with Crippen LogP contribution in [0.15, 0.2) is 52.6 Å². The lowest BCUT2D eigenvalue weighted by molar-refractivity contribution is -0.127. The van der Waals surface area contributed by atoms with Gasteiger partial charge in [0.15, 0.2) is 5.82 Å². The van der Waals surface area contributed by atoms with E-state index < -0.39 is 18.1 Å². The van der Waals surface area contributed by atoms with Gasteiger partial charge in [0.25, 0.3) is 11.5 Å². The molecule has 1 fully saturated rings. The van der Waals surface area contributed by atoms with Gasteiger partial charge in [-0.2, -0.15) is 18.3 Å². The standard InChI is InChI=1S/C32H36ClF2N7O6/c1-5-24-26(39-10-12-40(13-11-39)29(45)19(4)27(44)18(2)3)30(46)42-32(37-28(38-42)20-8-14-47-15-9-20)41(24)17-25(43)36-23-7-6-21(16-22(23)33)48-31(34)35/h6-8,16,31,44H,2,5,9-15,17H2,1,3-4H3,(H,36,43)/b27-19-. The molecule has 0 radical (unpaired) electrons. The molecule has 2 aliphatic rings. The van der Waals surface area contributed by atoms with Gasteiger partial charge in [-0.25, -0.2) is 0 Å². The van der Waals surface area contributed by atoms with Gasteiger partial charge in [-0.05, 0) is 50.0 Å². The van der Waals surface area contributed by atoms with E-state index in [0.29, 0.717) is 61.9 Å². The van der Waals surface area contributed by atoms with Crippen molar-refractivity contribution in [1.82, 2.24) is 24.1 Å². The van der Waals surface area contributed by atoms with Crippen LogP contribution in [0.3, 0.4) is 0 Å². The average molecular weight is 688 g/mol. The first-order valence-electron chi connectivity index (χ1n) is 15.3. The number of benzene rings is 1. The van der Waals surface area contributed by atoms with E-state index in [2.05, 4.69) is 26.7 Å². The van der Waals surface area contributed by atoms with Crippen LogP contribution >= 0.6 is 11.6 Å². The number of nitrogens with one attached hydrogen (secondary N) is 1. The fourth-order valence-corrected chi connectivity index (χ4v) is 5.91. The number of aliphatic hydroxyl groups excluding tert-OH is 1. The fraction of sp³-hybridized carbons (Fsp3) is 0.406. The van der Waals surface area contributed by atoms with Crippen molar-refractivity contribution in [1.29, 1.82) is 0 Å². The van der Waals surface area contributed by atoms with Gasteiger partial charge < -0.3 is 34.3 Å². The number of alkyl halides is 2. The van der Waals surface area contributed by atoms with Crippen LogP contribution in [0.25, 0.3) is 11.4 Å². The van der Waals surface area contributed by atoms with E-state index in [1.807, 2.05) is 17.9 Å². The lowest BCUT2D eigenvalue weighted by Gasteiger charge is -2.37. The minimum atomic E-state index is -3.03. The molecule has 3 aromatic rings. The molecule has 0 bridgehead atoms. The van der Waals surface area contributed by atoms with Crippen molar-refractivity contribution in [3.05, 3.63) is 74.7 Å². The van der Waals surface area contributed by atoms with Crippen LogP contribution in [0.4, 0.5) is 20.2 Å². The number of carbonyl (C=O) groups is 2. The summed E-state index contributed by atoms with van der Waals surface area (Å²) in [5.41, 5.74) is 2.00. The van der Waals surface area contributed by atoms with Crippen LogP contribution < -0.4 is 20.5 Å². The van der Waals surface area contributed by atoms with Crippen molar-refractivity contribution in [3.63, 3.8) is 0 Å². The molecule has 2 aromatic heterocycles. The van der Waals surface area contributed by atoms with Crippen molar-refractivity contribution in [3.8, 4) is 5.75 Å². The molecule has 1 aromatic carbocycles. The van der Waals surface area contributed by atoms with E-state index in [-0.39, 0.29) is 59.1 Å². The second-order valence-corrected chi connectivity index (χ2v) is 11.8. The van der Waals surface area contributed by atoms with Crippen LogP contribution in [-0.4, -0.2) is 87.0 Å². The molecule has 4 heterocycles. The zero-order valence-electron chi connectivity index (χ0n) is 26.8. The third-order valence-electron chi connectivity index (χ3n) is 8.12. The molecule has 0 aliphatic carbocycles. The molecule has 0 saturated carbocycles. The highest BCUT2D eigenvalue weighted by molar-refractivity contribution is 6.33. The molecule has 1 saturated heterocycles. The number of aliphatic hydroxyl groups is 1. The number of fused-ring (bicyclic) bond motifs is 1. The van der Waals surface area contributed by atoms with Gasteiger partial charge in [-0.3, -0.25) is 14.4 Å². The van der Waals surface area contributed by atoms with E-state index in [1.54, 1.807) is 23.3 Å². The topological polar surface area (TPSA) is 144 Å². The summed E-state index contributed by atoms with van der Waals surface area (Å²) in [6.07, 6.45) is 2.75. The van der Waals surface area contributed by atoms with E-state index in [1.165, 1.54) is 22.7 Å². The molecule has 48 heavy (non-hydrogen) atoms. The summed E-state index contributed by atoms with van der Waals surface area (Å²) in [4.78, 5) is 48.8.